The molecule has 0 aromatic rings. The topological polar surface area (TPSA) is 72.5 Å². The van der Waals surface area contributed by atoms with Gasteiger partial charge >= 0.3 is 5.97 Å². The largest absolute Gasteiger partial charge is 0.480 e. The summed E-state index contributed by atoms with van der Waals surface area (Å²) in [4.78, 5) is 10.2. The minimum atomic E-state index is -2.72. The Hall–Kier alpha value is -0.610. The van der Waals surface area contributed by atoms with Gasteiger partial charge in [-0.25, -0.2) is 0 Å². The predicted molar refractivity (Wildman–Crippen MR) is 27.5 cm³/mol. The van der Waals surface area contributed by atoms with Crippen molar-refractivity contribution >= 4 is 5.97 Å². The molecule has 0 heterocycles. The molecule has 0 unspecified atom stereocenters. The lowest BCUT2D eigenvalue weighted by Crippen LogP contribution is -2.34. The zero-order chi connectivity index (χ0) is 9.99. The van der Waals surface area contributed by atoms with Gasteiger partial charge in [0, 0.05) is 7.04 Å². The fourth-order valence-corrected chi connectivity index (χ4v) is 0.139. The van der Waals surface area contributed by atoms with E-state index in [1.807, 2.05) is 0 Å². The van der Waals surface area contributed by atoms with Gasteiger partial charge in [-0.2, -0.15) is 0 Å². The summed E-state index contributed by atoms with van der Waals surface area (Å²) in [6.45, 7) is -0.876. The molecule has 3 N–H and O–H groups in total. The number of methoxy groups -OCH3 is 1. The van der Waals surface area contributed by atoms with Crippen LogP contribution in [0.3, 0.4) is 0 Å². The van der Waals surface area contributed by atoms with E-state index in [1.54, 1.807) is 0 Å². The molecule has 4 nitrogen and oxygen atoms in total. The third-order valence-corrected chi connectivity index (χ3v) is 0.502. The molecule has 8 heavy (non-hydrogen) atoms. The minimum absolute atomic E-state index is 0.876. The van der Waals surface area contributed by atoms with Crippen molar-refractivity contribution in [3.05, 3.63) is 0 Å². The normalized spacial score (nSPS) is 26.1. The van der Waals surface area contributed by atoms with Gasteiger partial charge in [-0.05, 0) is 0 Å². The zero-order valence-electron chi connectivity index (χ0n) is 8.05. The first-order chi connectivity index (χ1) is 5.15. The second-order valence-corrected chi connectivity index (χ2v) is 1.12. The van der Waals surface area contributed by atoms with E-state index in [4.69, 9.17) is 16.3 Å². The van der Waals surface area contributed by atoms with Crippen molar-refractivity contribution in [2.75, 3.05) is 13.6 Å². The summed E-state index contributed by atoms with van der Waals surface area (Å²) in [6.07, 6.45) is 0. The quantitative estimate of drug-likeness (QED) is 0.507. The molecule has 0 aliphatic heterocycles. The Bertz CT molecular complexity index is 178. The van der Waals surface area contributed by atoms with Crippen molar-refractivity contribution in [3.63, 3.8) is 0 Å². The third kappa shape index (κ3) is 2.54. The average molecular weight is 123 g/mol. The number of nitrogens with two attached hydrogens (primary N) is 1. The summed E-state index contributed by atoms with van der Waals surface area (Å²) in [6, 6.07) is -2.41. The lowest BCUT2D eigenvalue weighted by molar-refractivity contribution is -0.139. The van der Waals surface area contributed by atoms with Gasteiger partial charge in [0.15, 0.2) is 0 Å². The fourth-order valence-electron chi connectivity index (χ4n) is 0.139. The van der Waals surface area contributed by atoms with Gasteiger partial charge in [0.2, 0.25) is 0 Å². The highest BCUT2D eigenvalue weighted by molar-refractivity contribution is 5.73. The van der Waals surface area contributed by atoms with Gasteiger partial charge in [-0.1, -0.05) is 0 Å². The van der Waals surface area contributed by atoms with Crippen LogP contribution in [0.25, 0.3) is 0 Å². The van der Waals surface area contributed by atoms with E-state index in [0.717, 1.165) is 0 Å². The van der Waals surface area contributed by atoms with E-state index >= 15 is 0 Å². The van der Waals surface area contributed by atoms with E-state index in [9.17, 15) is 4.79 Å². The highest BCUT2D eigenvalue weighted by atomic mass is 16.5. The maximum absolute atomic E-state index is 10.2. The molecule has 0 saturated carbocycles. The molecule has 1 atom stereocenters. The molecule has 0 radical (unpaired) electrons. The maximum Gasteiger partial charge on any atom is 0.322 e. The molecular weight excluding hydrogens is 110 g/mol. The standard InChI is InChI=1S/C4H9NO3/c1-8-2-3(5)4(6)7/h3H,2,5H2,1H3,(H,6,7)/t3-/m0/s1/i1D3,3D. The van der Waals surface area contributed by atoms with Gasteiger partial charge in [0.25, 0.3) is 0 Å². The molecule has 48 valence electrons. The zero-order valence-corrected chi connectivity index (χ0v) is 4.05. The molecule has 0 aromatic heterocycles. The molecular formula is C4H9NO3. The molecule has 4 heteroatoms. The Kier molecular flexibility index (Phi) is 1.19. The first kappa shape index (κ1) is 2.80. The van der Waals surface area contributed by atoms with E-state index in [1.165, 1.54) is 0 Å². The smallest absolute Gasteiger partial charge is 0.322 e. The number of carboxylic acids is 1. The van der Waals surface area contributed by atoms with Gasteiger partial charge in [0.1, 0.15) is 6.02 Å². The minimum Gasteiger partial charge on any atom is -0.480 e. The SMILES string of the molecule is [2H]C([2H])([2H])OC[C@]([2H])(N)C(=O)O. The van der Waals surface area contributed by atoms with Crippen LogP contribution < -0.4 is 5.73 Å². The Morgan fingerprint density at radius 1 is 2.38 bits per heavy atom. The molecule has 0 aliphatic rings. The molecule has 0 saturated heterocycles. The Labute approximate surface area is 52.9 Å². The summed E-state index contributed by atoms with van der Waals surface area (Å²) in [5.74, 6) is -1.63. The van der Waals surface area contributed by atoms with Crippen molar-refractivity contribution in [2.24, 2.45) is 5.73 Å². The van der Waals surface area contributed by atoms with Gasteiger partial charge in [-0.3, -0.25) is 4.79 Å². The van der Waals surface area contributed by atoms with Crippen LogP contribution in [-0.4, -0.2) is 30.7 Å². The number of carbonyl (C=O) groups is 1. The van der Waals surface area contributed by atoms with E-state index in [2.05, 4.69) is 4.74 Å². The Morgan fingerprint density at radius 3 is 3.38 bits per heavy atom. The molecule has 0 bridgehead atoms. The summed E-state index contributed by atoms with van der Waals surface area (Å²) in [7, 11) is -2.72. The lowest BCUT2D eigenvalue weighted by atomic mass is 10.3. The second kappa shape index (κ2) is 3.40. The van der Waals surface area contributed by atoms with Crippen LogP contribution in [0.5, 0.6) is 0 Å². The fraction of sp³-hybridized carbons (Fsp3) is 0.750. The molecule has 0 aromatic carbocycles. The van der Waals surface area contributed by atoms with Gasteiger partial charge in [-0.15, -0.1) is 0 Å². The van der Waals surface area contributed by atoms with Crippen molar-refractivity contribution in [1.82, 2.24) is 0 Å². The molecule has 0 amide bonds. The monoisotopic (exact) mass is 123 g/mol. The van der Waals surface area contributed by atoms with Crippen molar-refractivity contribution < 1.29 is 20.1 Å². The molecule has 0 rings (SSSR count). The Morgan fingerprint density at radius 2 is 3.00 bits per heavy atom. The predicted octanol–water partition coefficient (Wildman–Crippen LogP) is -0.955. The van der Waals surface area contributed by atoms with Crippen molar-refractivity contribution in [2.45, 2.75) is 6.02 Å². The van der Waals surface area contributed by atoms with Crippen molar-refractivity contribution in [1.29, 1.82) is 0 Å². The van der Waals surface area contributed by atoms with Crippen LogP contribution in [0, 0.1) is 0 Å². The number of hydrogen-bond donors (Lipinski definition) is 2. The van der Waals surface area contributed by atoms with Crippen LogP contribution in [0.1, 0.15) is 5.48 Å². The first-order valence-corrected chi connectivity index (χ1v) is 1.81. The van der Waals surface area contributed by atoms with Crippen LogP contribution >= 0.6 is 0 Å². The van der Waals surface area contributed by atoms with E-state index < -0.39 is 25.6 Å². The molecule has 0 spiro atoms. The number of rotatable bonds is 3. The number of carboxylic acid groups (broad SMARTS) is 1. The average Bonchev–Trinajstić information content (AvgIpc) is 1.82. The summed E-state index contributed by atoms with van der Waals surface area (Å²) in [5, 5.41) is 8.26. The third-order valence-electron chi connectivity index (χ3n) is 0.502. The summed E-state index contributed by atoms with van der Waals surface area (Å²) < 4.78 is 30.5. The second-order valence-electron chi connectivity index (χ2n) is 1.12. The highest BCUT2D eigenvalue weighted by Crippen LogP contribution is 1.76. The summed E-state index contributed by atoms with van der Waals surface area (Å²) >= 11 is 0. The van der Waals surface area contributed by atoms with E-state index in [-0.39, 0.29) is 0 Å². The van der Waals surface area contributed by atoms with Crippen LogP contribution in [0.15, 0.2) is 0 Å². The first-order valence-electron chi connectivity index (χ1n) is 3.81. The Balaban J connectivity index is 4.01. The number of hydrogen-bond acceptors (Lipinski definition) is 3. The molecule has 0 aliphatic carbocycles. The maximum atomic E-state index is 10.2. The van der Waals surface area contributed by atoms with Crippen LogP contribution in [-0.2, 0) is 9.53 Å². The highest BCUT2D eigenvalue weighted by Gasteiger charge is 2.08. The van der Waals surface area contributed by atoms with Crippen LogP contribution in [0.4, 0.5) is 0 Å². The summed E-state index contributed by atoms with van der Waals surface area (Å²) in [5.41, 5.74) is 4.86. The number of aliphatic carboxylic acids is 1. The van der Waals surface area contributed by atoms with Crippen LogP contribution in [0.2, 0.25) is 0 Å². The van der Waals surface area contributed by atoms with Crippen molar-refractivity contribution in [3.8, 4) is 0 Å². The van der Waals surface area contributed by atoms with Gasteiger partial charge < -0.3 is 15.6 Å². The number of ether oxygens (including phenoxy) is 1. The van der Waals surface area contributed by atoms with Gasteiger partial charge in [0.05, 0.1) is 12.1 Å². The molecule has 0 fully saturated rings. The van der Waals surface area contributed by atoms with E-state index in [0.29, 0.717) is 0 Å². The lowest BCUT2D eigenvalue weighted by Gasteiger charge is -2.01.